The molecule has 5 fully saturated rings. The molecule has 2 spiro atoms. The van der Waals surface area contributed by atoms with Crippen LogP contribution in [0, 0.1) is 11.8 Å². The van der Waals surface area contributed by atoms with E-state index in [0.29, 0.717) is 23.3 Å². The first-order valence-corrected chi connectivity index (χ1v) is 10.1. The number of fused-ring (bicyclic) bond motifs is 1. The Kier molecular flexibility index (Phi) is 2.95. The van der Waals surface area contributed by atoms with Gasteiger partial charge in [-0.05, 0) is 44.9 Å². The average Bonchev–Trinajstić information content (AvgIpc) is 3.43. The van der Waals surface area contributed by atoms with Gasteiger partial charge in [0.25, 0.3) is 0 Å². The molecule has 0 N–H and O–H groups in total. The zero-order valence-electron chi connectivity index (χ0n) is 16.6. The van der Waals surface area contributed by atoms with Crippen molar-refractivity contribution >= 4 is 17.9 Å². The summed E-state index contributed by atoms with van der Waals surface area (Å²) >= 11 is 0. The van der Waals surface area contributed by atoms with Crippen LogP contribution in [-0.2, 0) is 19.1 Å². The van der Waals surface area contributed by atoms with E-state index in [1.54, 1.807) is 31.2 Å². The first-order valence-electron chi connectivity index (χ1n) is 10.1. The summed E-state index contributed by atoms with van der Waals surface area (Å²) < 4.78 is 19.4. The van der Waals surface area contributed by atoms with Gasteiger partial charge in [-0.25, -0.2) is 0 Å². The van der Waals surface area contributed by atoms with Gasteiger partial charge < -0.3 is 14.2 Å². The first kappa shape index (κ1) is 17.5. The van der Waals surface area contributed by atoms with Gasteiger partial charge in [-0.3, -0.25) is 14.4 Å². The van der Waals surface area contributed by atoms with Gasteiger partial charge >= 0.3 is 0 Å². The number of carbonyl (C=O) groups is 3. The zero-order valence-corrected chi connectivity index (χ0v) is 16.6. The quantitative estimate of drug-likeness (QED) is 0.445. The molecule has 3 aliphatic carbocycles. The van der Waals surface area contributed by atoms with Crippen molar-refractivity contribution in [2.45, 2.75) is 62.1 Å². The summed E-state index contributed by atoms with van der Waals surface area (Å²) in [6, 6.07) is 7.14. The number of Topliss-reactive ketones (excluding diaryl/α,β-unsaturated/α-hetero) is 2. The van der Waals surface area contributed by atoms with Crippen molar-refractivity contribution < 1.29 is 28.6 Å². The fourth-order valence-corrected chi connectivity index (χ4v) is 6.71. The van der Waals surface area contributed by atoms with E-state index >= 15 is 0 Å². The molecular formula is C23H22O6. The molecule has 150 valence electrons. The normalized spacial score (nSPS) is 45.2. The van der Waals surface area contributed by atoms with Crippen molar-refractivity contribution in [1.29, 1.82) is 0 Å². The van der Waals surface area contributed by atoms with E-state index < -0.39 is 34.4 Å². The Hall–Kier alpha value is -2.31. The van der Waals surface area contributed by atoms with E-state index in [0.717, 1.165) is 6.29 Å². The minimum Gasteiger partial charge on any atom is -0.479 e. The molecule has 0 aromatic heterocycles. The molecule has 6 aliphatic rings. The van der Waals surface area contributed by atoms with Gasteiger partial charge in [-0.2, -0.15) is 0 Å². The molecule has 6 heteroatoms. The molecule has 3 saturated carbocycles. The van der Waals surface area contributed by atoms with Crippen LogP contribution < -0.4 is 4.74 Å². The molecule has 1 aromatic rings. The number of aldehydes is 1. The molecular weight excluding hydrogens is 372 g/mol. The van der Waals surface area contributed by atoms with Gasteiger partial charge in [0.2, 0.25) is 11.4 Å². The van der Waals surface area contributed by atoms with Crippen LogP contribution in [0.25, 0.3) is 0 Å². The Labute approximate surface area is 168 Å². The van der Waals surface area contributed by atoms with E-state index in [1.165, 1.54) is 0 Å². The predicted octanol–water partition coefficient (Wildman–Crippen LogP) is 2.44. The standard InChI is InChI=1S/C23H22O6/c1-12(11-24)8-9-21-17(25)14-10-16(20(2,3)29-21)23(21)22(19(14)28-22)18(26)13-6-4-5-7-15(13)27-23/h4-8,11,14,16,19H,9-10H2,1-3H3/b12-8+. The minimum atomic E-state index is -1.36. The van der Waals surface area contributed by atoms with Gasteiger partial charge in [0.15, 0.2) is 17.0 Å². The maximum absolute atomic E-state index is 13.7. The van der Waals surface area contributed by atoms with Gasteiger partial charge in [0, 0.05) is 12.3 Å². The Bertz CT molecular complexity index is 1040. The number of epoxide rings is 1. The molecule has 0 radical (unpaired) electrons. The lowest BCUT2D eigenvalue weighted by atomic mass is 9.46. The van der Waals surface area contributed by atoms with Gasteiger partial charge in [-0.1, -0.05) is 18.2 Å². The Morgan fingerprint density at radius 1 is 1.24 bits per heavy atom. The van der Waals surface area contributed by atoms with Gasteiger partial charge in [0.1, 0.15) is 18.1 Å². The second-order valence-electron chi connectivity index (χ2n) is 9.50. The van der Waals surface area contributed by atoms with Crippen molar-refractivity contribution in [2.75, 3.05) is 0 Å². The number of benzene rings is 1. The summed E-state index contributed by atoms with van der Waals surface area (Å²) in [6.07, 6.45) is 2.77. The summed E-state index contributed by atoms with van der Waals surface area (Å²) in [5.41, 5.74) is -3.45. The largest absolute Gasteiger partial charge is 0.479 e. The molecule has 6 nitrogen and oxygen atoms in total. The predicted molar refractivity (Wildman–Crippen MR) is 101 cm³/mol. The van der Waals surface area contributed by atoms with Crippen molar-refractivity contribution in [3.63, 3.8) is 0 Å². The third kappa shape index (κ3) is 1.61. The minimum absolute atomic E-state index is 0.0698. The number of ketones is 2. The molecule has 29 heavy (non-hydrogen) atoms. The molecule has 6 unspecified atom stereocenters. The van der Waals surface area contributed by atoms with Crippen LogP contribution in [0.5, 0.6) is 5.75 Å². The lowest BCUT2D eigenvalue weighted by molar-refractivity contribution is -0.191. The topological polar surface area (TPSA) is 82.2 Å². The van der Waals surface area contributed by atoms with Crippen LogP contribution in [0.3, 0.4) is 0 Å². The summed E-state index contributed by atoms with van der Waals surface area (Å²) in [7, 11) is 0. The van der Waals surface area contributed by atoms with Gasteiger partial charge in [-0.15, -0.1) is 0 Å². The lowest BCUT2D eigenvalue weighted by Crippen LogP contribution is -2.80. The molecule has 0 amide bonds. The SMILES string of the molecule is C/C(C=O)=C\CC12OC(C)(C)C3CC(C1=O)C1OC14C(=O)c1ccccc1OC324. The van der Waals surface area contributed by atoms with Crippen molar-refractivity contribution in [3.05, 3.63) is 41.5 Å². The maximum atomic E-state index is 13.7. The number of hydrogen-bond acceptors (Lipinski definition) is 6. The van der Waals surface area contributed by atoms with Crippen LogP contribution in [0.4, 0.5) is 0 Å². The third-order valence-corrected chi connectivity index (χ3v) is 7.80. The number of rotatable bonds is 3. The summed E-state index contributed by atoms with van der Waals surface area (Å²) in [5, 5.41) is 0. The summed E-state index contributed by atoms with van der Waals surface area (Å²) in [4.78, 5) is 38.7. The number of ether oxygens (including phenoxy) is 3. The Morgan fingerprint density at radius 2 is 2.00 bits per heavy atom. The third-order valence-electron chi connectivity index (χ3n) is 7.80. The zero-order chi connectivity index (χ0) is 20.4. The molecule has 7 rings (SSSR count). The smallest absolute Gasteiger partial charge is 0.205 e. The van der Waals surface area contributed by atoms with Crippen molar-refractivity contribution in [2.24, 2.45) is 11.8 Å². The van der Waals surface area contributed by atoms with E-state index in [2.05, 4.69) is 0 Å². The van der Waals surface area contributed by atoms with E-state index in [-0.39, 0.29) is 23.9 Å². The summed E-state index contributed by atoms with van der Waals surface area (Å²) in [6.45, 7) is 5.61. The second kappa shape index (κ2) is 4.87. The van der Waals surface area contributed by atoms with E-state index in [9.17, 15) is 14.4 Å². The fraction of sp³-hybridized carbons (Fsp3) is 0.522. The van der Waals surface area contributed by atoms with Crippen LogP contribution >= 0.6 is 0 Å². The highest BCUT2D eigenvalue weighted by molar-refractivity contribution is 6.13. The monoisotopic (exact) mass is 394 g/mol. The fourth-order valence-electron chi connectivity index (χ4n) is 6.71. The van der Waals surface area contributed by atoms with Crippen LogP contribution in [0.15, 0.2) is 35.9 Å². The maximum Gasteiger partial charge on any atom is 0.205 e. The van der Waals surface area contributed by atoms with Crippen LogP contribution in [0.1, 0.15) is 44.0 Å². The molecule has 1 aromatic carbocycles. The number of carbonyl (C=O) groups excluding carboxylic acids is 3. The number of allylic oxidation sites excluding steroid dienone is 1. The molecule has 2 saturated heterocycles. The highest BCUT2D eigenvalue weighted by Crippen LogP contribution is 2.76. The second-order valence-corrected chi connectivity index (χ2v) is 9.50. The van der Waals surface area contributed by atoms with E-state index in [4.69, 9.17) is 14.2 Å². The van der Waals surface area contributed by atoms with Crippen LogP contribution in [-0.4, -0.2) is 46.4 Å². The van der Waals surface area contributed by atoms with Crippen molar-refractivity contribution in [3.8, 4) is 5.75 Å². The number of hydrogen-bond donors (Lipinski definition) is 0. The molecule has 3 aliphatic heterocycles. The van der Waals surface area contributed by atoms with E-state index in [1.807, 2.05) is 19.9 Å². The van der Waals surface area contributed by atoms with Crippen LogP contribution in [0.2, 0.25) is 0 Å². The highest BCUT2D eigenvalue weighted by atomic mass is 16.7. The molecule has 3 heterocycles. The molecule has 6 atom stereocenters. The van der Waals surface area contributed by atoms with Gasteiger partial charge in [0.05, 0.1) is 17.1 Å². The molecule has 4 bridgehead atoms. The first-order chi connectivity index (χ1) is 13.7. The summed E-state index contributed by atoms with van der Waals surface area (Å²) in [5.74, 6) is -0.296. The van der Waals surface area contributed by atoms with Crippen molar-refractivity contribution in [1.82, 2.24) is 0 Å². The highest BCUT2D eigenvalue weighted by Gasteiger charge is 2.97. The Balaban J connectivity index is 1.65. The number of para-hydroxylation sites is 1. The lowest BCUT2D eigenvalue weighted by Gasteiger charge is -2.57. The Morgan fingerprint density at radius 3 is 2.76 bits per heavy atom. The average molecular weight is 394 g/mol.